The third-order valence-corrected chi connectivity index (χ3v) is 4.83. The van der Waals surface area contributed by atoms with Gasteiger partial charge in [-0.2, -0.15) is 0 Å². The second kappa shape index (κ2) is 8.93. The number of nitrogens with one attached hydrogen (secondary N) is 1. The van der Waals surface area contributed by atoms with Crippen LogP contribution < -0.4 is 14.8 Å². The molecule has 0 unspecified atom stereocenters. The number of benzene rings is 1. The lowest BCUT2D eigenvalue weighted by Crippen LogP contribution is -2.50. The molecule has 7 heteroatoms. The van der Waals surface area contributed by atoms with Crippen LogP contribution in [0.25, 0.3) is 0 Å². The van der Waals surface area contributed by atoms with E-state index in [0.717, 1.165) is 13.1 Å². The van der Waals surface area contributed by atoms with Gasteiger partial charge in [-0.15, -0.1) is 0 Å². The van der Waals surface area contributed by atoms with Gasteiger partial charge in [-0.05, 0) is 37.9 Å². The van der Waals surface area contributed by atoms with E-state index in [1.54, 1.807) is 12.1 Å². The summed E-state index contributed by atoms with van der Waals surface area (Å²) >= 11 is 6.29. The number of piperidine rings is 1. The summed E-state index contributed by atoms with van der Waals surface area (Å²) in [6, 6.07) is 3.17. The first-order chi connectivity index (χ1) is 12.2. The van der Waals surface area contributed by atoms with E-state index in [1.165, 1.54) is 7.11 Å². The number of nitrogens with zero attached hydrogens (tertiary/aromatic N) is 1. The Morgan fingerprint density at radius 1 is 1.38 bits per heavy atom. The topological polar surface area (TPSA) is 71.0 Å². The molecule has 0 saturated carbocycles. The van der Waals surface area contributed by atoms with E-state index in [1.807, 2.05) is 20.9 Å². The van der Waals surface area contributed by atoms with Gasteiger partial charge in [0.25, 0.3) is 5.91 Å². The number of carbonyl (C=O) groups excluding carboxylic acids is 1. The molecule has 1 aromatic carbocycles. The predicted octanol–water partition coefficient (Wildman–Crippen LogP) is 2.57. The number of methoxy groups -OCH3 is 1. The number of hydrogen-bond donors (Lipinski definition) is 2. The molecule has 1 heterocycles. The van der Waals surface area contributed by atoms with Crippen LogP contribution in [-0.4, -0.2) is 61.9 Å². The number of carbonyl (C=O) groups is 1. The van der Waals surface area contributed by atoms with E-state index in [2.05, 4.69) is 10.2 Å². The minimum atomic E-state index is -0.865. The highest BCUT2D eigenvalue weighted by Gasteiger charge is 2.31. The van der Waals surface area contributed by atoms with E-state index >= 15 is 0 Å². The lowest BCUT2D eigenvalue weighted by atomic mass is 9.91. The first-order valence-corrected chi connectivity index (χ1v) is 9.31. The van der Waals surface area contributed by atoms with Crippen molar-refractivity contribution in [3.05, 3.63) is 22.7 Å². The quantitative estimate of drug-likeness (QED) is 0.756. The summed E-state index contributed by atoms with van der Waals surface area (Å²) < 4.78 is 11.0. The molecule has 146 valence electrons. The molecule has 1 amide bonds. The molecule has 26 heavy (non-hydrogen) atoms. The zero-order chi connectivity index (χ0) is 19.3. The molecule has 2 rings (SSSR count). The average molecular weight is 385 g/mol. The fourth-order valence-corrected chi connectivity index (χ4v) is 3.06. The van der Waals surface area contributed by atoms with Crippen molar-refractivity contribution >= 4 is 17.5 Å². The summed E-state index contributed by atoms with van der Waals surface area (Å²) in [6.45, 7) is 6.42. The molecule has 0 aromatic heterocycles. The molecule has 2 N–H and O–H groups in total. The SMILES string of the molecule is COc1cc(C(=O)NCC2(O)CCN(C)CC2)cc(Cl)c1OCC(C)C. The third kappa shape index (κ3) is 5.50. The van der Waals surface area contributed by atoms with Crippen LogP contribution in [0.5, 0.6) is 11.5 Å². The number of ether oxygens (including phenoxy) is 2. The second-order valence-electron chi connectivity index (χ2n) is 7.40. The summed E-state index contributed by atoms with van der Waals surface area (Å²) in [5, 5.41) is 13.7. The monoisotopic (exact) mass is 384 g/mol. The normalized spacial score (nSPS) is 17.2. The molecule has 6 nitrogen and oxygen atoms in total. The molecule has 0 aliphatic carbocycles. The van der Waals surface area contributed by atoms with Crippen LogP contribution in [0.3, 0.4) is 0 Å². The van der Waals surface area contributed by atoms with E-state index in [-0.39, 0.29) is 12.5 Å². The Morgan fingerprint density at radius 3 is 2.62 bits per heavy atom. The Labute approximate surface area is 160 Å². The molecule has 0 bridgehead atoms. The van der Waals surface area contributed by atoms with Crippen molar-refractivity contribution in [2.75, 3.05) is 40.4 Å². The fraction of sp³-hybridized carbons (Fsp3) is 0.632. The Morgan fingerprint density at radius 2 is 2.04 bits per heavy atom. The van der Waals surface area contributed by atoms with Crippen molar-refractivity contribution in [1.29, 1.82) is 0 Å². The standard InChI is InChI=1S/C19H29ClN2O4/c1-13(2)11-26-17-15(20)9-14(10-16(17)25-4)18(23)21-12-19(24)5-7-22(3)8-6-19/h9-10,13,24H,5-8,11-12H2,1-4H3,(H,21,23). The van der Waals surface area contributed by atoms with Crippen LogP contribution in [0, 0.1) is 5.92 Å². The maximum atomic E-state index is 12.5. The van der Waals surface area contributed by atoms with Crippen LogP contribution in [0.1, 0.15) is 37.0 Å². The van der Waals surface area contributed by atoms with Crippen LogP contribution in [0.2, 0.25) is 5.02 Å². The van der Waals surface area contributed by atoms with Crippen molar-refractivity contribution in [2.45, 2.75) is 32.3 Å². The average Bonchev–Trinajstić information content (AvgIpc) is 2.60. The van der Waals surface area contributed by atoms with Crippen LogP contribution in [-0.2, 0) is 0 Å². The molecule has 1 aliphatic rings. The van der Waals surface area contributed by atoms with E-state index in [9.17, 15) is 9.90 Å². The van der Waals surface area contributed by atoms with Gasteiger partial charge in [-0.3, -0.25) is 4.79 Å². The molecular weight excluding hydrogens is 356 g/mol. The van der Waals surface area contributed by atoms with Crippen molar-refractivity contribution in [1.82, 2.24) is 10.2 Å². The zero-order valence-corrected chi connectivity index (χ0v) is 16.7. The third-order valence-electron chi connectivity index (χ3n) is 4.55. The summed E-state index contributed by atoms with van der Waals surface area (Å²) in [6.07, 6.45) is 1.27. The minimum absolute atomic E-state index is 0.214. The first-order valence-electron chi connectivity index (χ1n) is 8.93. The molecule has 0 radical (unpaired) electrons. The smallest absolute Gasteiger partial charge is 0.251 e. The summed E-state index contributed by atoms with van der Waals surface area (Å²) in [4.78, 5) is 14.7. The number of halogens is 1. The first kappa shape index (κ1) is 20.8. The van der Waals surface area contributed by atoms with Crippen molar-refractivity contribution in [3.8, 4) is 11.5 Å². The minimum Gasteiger partial charge on any atom is -0.493 e. The van der Waals surface area contributed by atoms with E-state index in [4.69, 9.17) is 21.1 Å². The Bertz CT molecular complexity index is 628. The van der Waals surface area contributed by atoms with Crippen molar-refractivity contribution in [3.63, 3.8) is 0 Å². The van der Waals surface area contributed by atoms with Gasteiger partial charge in [0.05, 0.1) is 24.3 Å². The van der Waals surface area contributed by atoms with Gasteiger partial charge < -0.3 is 24.8 Å². The highest BCUT2D eigenvalue weighted by atomic mass is 35.5. The molecule has 1 saturated heterocycles. The Balaban J connectivity index is 2.05. The van der Waals surface area contributed by atoms with Gasteiger partial charge in [-0.1, -0.05) is 25.4 Å². The lowest BCUT2D eigenvalue weighted by molar-refractivity contribution is -0.0135. The number of hydrogen-bond acceptors (Lipinski definition) is 5. The molecule has 0 spiro atoms. The molecule has 1 aromatic rings. The fourth-order valence-electron chi connectivity index (χ4n) is 2.80. The van der Waals surface area contributed by atoms with E-state index in [0.29, 0.717) is 47.5 Å². The molecule has 0 atom stereocenters. The maximum absolute atomic E-state index is 12.5. The van der Waals surface area contributed by atoms with Gasteiger partial charge in [0, 0.05) is 25.2 Å². The highest BCUT2D eigenvalue weighted by molar-refractivity contribution is 6.32. The highest BCUT2D eigenvalue weighted by Crippen LogP contribution is 2.36. The molecule has 1 aliphatic heterocycles. The largest absolute Gasteiger partial charge is 0.493 e. The van der Waals surface area contributed by atoms with Crippen LogP contribution in [0.15, 0.2) is 12.1 Å². The maximum Gasteiger partial charge on any atom is 0.251 e. The van der Waals surface area contributed by atoms with Crippen LogP contribution >= 0.6 is 11.6 Å². The molecular formula is C19H29ClN2O4. The van der Waals surface area contributed by atoms with Crippen LogP contribution in [0.4, 0.5) is 0 Å². The summed E-state index contributed by atoms with van der Waals surface area (Å²) in [5.41, 5.74) is -0.489. The van der Waals surface area contributed by atoms with Gasteiger partial charge >= 0.3 is 0 Å². The number of likely N-dealkylation sites (tertiary alicyclic amines) is 1. The number of aliphatic hydroxyl groups is 1. The van der Waals surface area contributed by atoms with Gasteiger partial charge in [-0.25, -0.2) is 0 Å². The number of amides is 1. The molecule has 1 fully saturated rings. The van der Waals surface area contributed by atoms with Gasteiger partial charge in [0.1, 0.15) is 0 Å². The Hall–Kier alpha value is -1.50. The summed E-state index contributed by atoms with van der Waals surface area (Å²) in [5.74, 6) is 0.900. The lowest BCUT2D eigenvalue weighted by Gasteiger charge is -2.36. The van der Waals surface area contributed by atoms with Crippen molar-refractivity contribution in [2.24, 2.45) is 5.92 Å². The summed E-state index contributed by atoms with van der Waals surface area (Å²) in [7, 11) is 3.53. The second-order valence-corrected chi connectivity index (χ2v) is 7.81. The van der Waals surface area contributed by atoms with Crippen molar-refractivity contribution < 1.29 is 19.4 Å². The Kier molecular flexibility index (Phi) is 7.15. The van der Waals surface area contributed by atoms with Gasteiger partial charge in [0.2, 0.25) is 0 Å². The van der Waals surface area contributed by atoms with Gasteiger partial charge in [0.15, 0.2) is 11.5 Å². The van der Waals surface area contributed by atoms with E-state index < -0.39 is 5.60 Å². The number of rotatable bonds is 7. The zero-order valence-electron chi connectivity index (χ0n) is 16.0. The predicted molar refractivity (Wildman–Crippen MR) is 102 cm³/mol.